The van der Waals surface area contributed by atoms with Crippen molar-refractivity contribution in [3.63, 3.8) is 0 Å². The highest BCUT2D eigenvalue weighted by Gasteiger charge is 2.36. The molecule has 0 unspecified atom stereocenters. The first-order valence-corrected chi connectivity index (χ1v) is 23.2. The van der Waals surface area contributed by atoms with E-state index in [0.717, 1.165) is 9.58 Å². The van der Waals surface area contributed by atoms with E-state index in [9.17, 15) is 38.4 Å². The van der Waals surface area contributed by atoms with E-state index in [1.165, 1.54) is 0 Å². The van der Waals surface area contributed by atoms with Gasteiger partial charge in [0, 0.05) is 40.7 Å². The Morgan fingerprint density at radius 2 is 1.38 bits per heavy atom. The quantitative estimate of drug-likeness (QED) is 0.0428. The minimum atomic E-state index is -1.07. The maximum Gasteiger partial charge on any atom is 0.435 e. The van der Waals surface area contributed by atoms with Crippen LogP contribution in [0.5, 0.6) is 0 Å². The number of imide groups is 1. The lowest BCUT2D eigenvalue weighted by Gasteiger charge is -2.25. The number of hydrogen-bond donors (Lipinski definition) is 5. The zero-order valence-corrected chi connectivity index (χ0v) is 40.3. The molecule has 0 bridgehead atoms. The van der Waals surface area contributed by atoms with E-state index < -0.39 is 53.7 Å². The normalized spacial score (nSPS) is 14.0. The number of nitrogens with one attached hydrogen (secondary N) is 4. The first-order valence-electron chi connectivity index (χ1n) is 21.7. The van der Waals surface area contributed by atoms with Crippen LogP contribution in [-0.2, 0) is 49.5 Å². The van der Waals surface area contributed by atoms with Crippen molar-refractivity contribution in [1.82, 2.24) is 30.6 Å². The van der Waals surface area contributed by atoms with E-state index in [1.54, 1.807) is 80.6 Å². The van der Waals surface area contributed by atoms with Gasteiger partial charge in [0.15, 0.2) is 5.78 Å². The second-order valence-corrected chi connectivity index (χ2v) is 17.4. The maximum absolute atomic E-state index is 13.6. The van der Waals surface area contributed by atoms with E-state index in [2.05, 4.69) is 58.2 Å². The smallest absolute Gasteiger partial charge is 0.435 e. The van der Waals surface area contributed by atoms with Crippen molar-refractivity contribution in [3.05, 3.63) is 92.4 Å². The Hall–Kier alpha value is -6.33. The molecule has 1 aliphatic heterocycles. The van der Waals surface area contributed by atoms with Crippen LogP contribution < -0.4 is 27.0 Å². The number of urea groups is 1. The topological polar surface area (TPSA) is 269 Å². The van der Waals surface area contributed by atoms with Crippen LogP contribution >= 0.6 is 31.9 Å². The fraction of sp³-hybridized carbons (Fsp3) is 0.370. The molecular weight excluding hydrogens is 1020 g/mol. The van der Waals surface area contributed by atoms with Crippen LogP contribution in [0.15, 0.2) is 75.7 Å². The van der Waals surface area contributed by atoms with E-state index in [1.807, 2.05) is 0 Å². The van der Waals surface area contributed by atoms with Crippen LogP contribution in [0.25, 0.3) is 22.2 Å². The Morgan fingerprint density at radius 1 is 0.750 bits per heavy atom. The number of halogens is 2. The molecule has 0 saturated heterocycles. The molecule has 2 aliphatic rings. The lowest BCUT2D eigenvalue weighted by atomic mass is 9.87. The Labute approximate surface area is 407 Å². The number of nitrogens with two attached hydrogens (primary N) is 1. The maximum atomic E-state index is 13.6. The van der Waals surface area contributed by atoms with Gasteiger partial charge in [-0.2, -0.15) is 9.78 Å². The summed E-state index contributed by atoms with van der Waals surface area (Å²) in [7, 11) is 0. The Balaban J connectivity index is 0.938. The third kappa shape index (κ3) is 12.8. The van der Waals surface area contributed by atoms with Gasteiger partial charge in [0.1, 0.15) is 33.3 Å². The molecule has 2 heterocycles. The third-order valence-electron chi connectivity index (χ3n) is 10.7. The van der Waals surface area contributed by atoms with Crippen LogP contribution in [0.2, 0.25) is 0 Å². The number of carbonyl (C=O) groups excluding carboxylic acids is 8. The molecule has 6 N–H and O–H groups in total. The highest BCUT2D eigenvalue weighted by atomic mass is 79.9. The van der Waals surface area contributed by atoms with Crippen molar-refractivity contribution in [3.8, 4) is 11.3 Å². The molecule has 68 heavy (non-hydrogen) atoms. The van der Waals surface area contributed by atoms with E-state index in [-0.39, 0.29) is 99.3 Å². The molecule has 1 aromatic heterocycles. The zero-order chi connectivity index (χ0) is 48.9. The van der Waals surface area contributed by atoms with E-state index in [4.69, 9.17) is 24.7 Å². The van der Waals surface area contributed by atoms with Crippen molar-refractivity contribution in [1.29, 1.82) is 0 Å². The summed E-state index contributed by atoms with van der Waals surface area (Å²) in [5.74, 6) is -2.97. The molecule has 1 aliphatic carbocycles. The van der Waals surface area contributed by atoms with Crippen LogP contribution in [0, 0.1) is 5.92 Å². The molecule has 22 heteroatoms. The Bertz CT molecular complexity index is 2580. The number of aromatic nitrogens is 2. The SMILES string of the molecule is CC(C)[C@H](NC(=O)CCOCCOCCOCCN1C(=O)C(Br)=C(Br)C1=O)C(=O)N[C@@H](CCCNC(N)=O)C(=O)Nc1ccc(COC(=O)n2nc3c4c(cccc42)C(=O)c2ccccc2-3)cc1. The number of carbonyl (C=O) groups is 8. The van der Waals surface area contributed by atoms with Crippen molar-refractivity contribution in [2.45, 2.75) is 51.8 Å². The molecule has 4 aromatic rings. The van der Waals surface area contributed by atoms with Gasteiger partial charge in [0.2, 0.25) is 17.7 Å². The molecule has 20 nitrogen and oxygen atoms in total. The first kappa shape index (κ1) is 51.1. The van der Waals surface area contributed by atoms with Gasteiger partial charge in [-0.05, 0) is 74.4 Å². The van der Waals surface area contributed by atoms with Gasteiger partial charge in [0.25, 0.3) is 11.8 Å². The van der Waals surface area contributed by atoms with Crippen molar-refractivity contribution >= 4 is 95.9 Å². The summed E-state index contributed by atoms with van der Waals surface area (Å²) in [5.41, 5.74) is 8.73. The van der Waals surface area contributed by atoms with Gasteiger partial charge in [-0.15, -0.1) is 0 Å². The predicted molar refractivity (Wildman–Crippen MR) is 253 cm³/mol. The number of nitrogens with zero attached hydrogens (tertiary/aromatic N) is 3. The minimum Gasteiger partial charge on any atom is -0.443 e. The number of benzene rings is 3. The van der Waals surface area contributed by atoms with Gasteiger partial charge < -0.3 is 45.9 Å². The second-order valence-electron chi connectivity index (χ2n) is 15.8. The van der Waals surface area contributed by atoms with Crippen molar-refractivity contribution < 1.29 is 57.3 Å². The standard InChI is InChI=1S/C46H50Br2N8O12/c1-26(2)38(53-34(57)16-19-65-21-23-67-24-22-66-20-18-55-43(61)36(47)37(48)44(55)62)42(60)52-32(10-6-17-50-45(49)63)41(59)51-28-14-12-27(13-15-28)25-68-46(64)56-33-11-5-9-31-35(33)39(54-56)29-7-3-4-8-30(29)40(31)58/h3-5,7-9,11-15,26,32,38H,6,10,16-25H2,1-2H3,(H,51,59)(H,52,60)(H,53,57)(H3,49,50,63)/t32-,38-/m0/s1. The van der Waals surface area contributed by atoms with Crippen LogP contribution in [-0.4, -0.2) is 127 Å². The highest BCUT2D eigenvalue weighted by molar-refractivity contribution is 9.14. The Kier molecular flexibility index (Phi) is 18.1. The van der Waals surface area contributed by atoms with Gasteiger partial charge in [-0.3, -0.25) is 33.7 Å². The molecular formula is C46H50Br2N8O12. The van der Waals surface area contributed by atoms with Gasteiger partial charge >= 0.3 is 12.1 Å². The molecule has 0 fully saturated rings. The summed E-state index contributed by atoms with van der Waals surface area (Å²) in [5, 5.41) is 15.8. The number of amides is 7. The fourth-order valence-corrected chi connectivity index (χ4v) is 8.02. The number of rotatable bonds is 24. The molecule has 360 valence electrons. The van der Waals surface area contributed by atoms with E-state index >= 15 is 0 Å². The fourth-order valence-electron chi connectivity index (χ4n) is 7.25. The molecule has 2 atom stereocenters. The van der Waals surface area contributed by atoms with Crippen LogP contribution in [0.1, 0.15) is 54.6 Å². The first-order chi connectivity index (χ1) is 32.7. The molecule has 0 saturated carbocycles. The molecule has 0 spiro atoms. The summed E-state index contributed by atoms with van der Waals surface area (Å²) < 4.78 is 23.5. The Morgan fingerprint density at radius 3 is 2.04 bits per heavy atom. The van der Waals surface area contributed by atoms with Gasteiger partial charge in [0.05, 0.1) is 51.7 Å². The monoisotopic (exact) mass is 1060 g/mol. The molecule has 0 radical (unpaired) electrons. The number of fused-ring (bicyclic) bond motifs is 2. The number of ether oxygens (including phenoxy) is 4. The lowest BCUT2D eigenvalue weighted by molar-refractivity contribution is -0.138. The van der Waals surface area contributed by atoms with Crippen molar-refractivity contribution in [2.75, 3.05) is 58.0 Å². The molecule has 7 amide bonds. The van der Waals surface area contributed by atoms with Gasteiger partial charge in [-0.25, -0.2) is 9.59 Å². The lowest BCUT2D eigenvalue weighted by Crippen LogP contribution is -2.54. The summed E-state index contributed by atoms with van der Waals surface area (Å²) in [4.78, 5) is 103. The van der Waals surface area contributed by atoms with E-state index in [0.29, 0.717) is 44.5 Å². The summed E-state index contributed by atoms with van der Waals surface area (Å²) >= 11 is 6.15. The number of ketones is 1. The van der Waals surface area contributed by atoms with Crippen molar-refractivity contribution in [2.24, 2.45) is 11.7 Å². The average Bonchev–Trinajstić information content (AvgIpc) is 3.80. The molecule has 6 rings (SSSR count). The summed E-state index contributed by atoms with van der Waals surface area (Å²) in [6.07, 6.45) is -0.393. The minimum absolute atomic E-state index is 0.0500. The number of primary amides is 1. The largest absolute Gasteiger partial charge is 0.443 e. The highest BCUT2D eigenvalue weighted by Crippen LogP contribution is 2.39. The van der Waals surface area contributed by atoms with Crippen LogP contribution in [0.4, 0.5) is 15.3 Å². The number of anilines is 1. The third-order valence-corrected chi connectivity index (χ3v) is 12.7. The summed E-state index contributed by atoms with van der Waals surface area (Å²) in [6, 6.07) is 15.9. The molecule has 3 aromatic carbocycles. The summed E-state index contributed by atoms with van der Waals surface area (Å²) in [6.45, 7) is 4.68. The zero-order valence-electron chi connectivity index (χ0n) is 37.1. The second kappa shape index (κ2) is 24.1. The number of hydrogen-bond acceptors (Lipinski definition) is 13. The predicted octanol–water partition coefficient (Wildman–Crippen LogP) is 4.26. The average molecular weight is 1070 g/mol. The van der Waals surface area contributed by atoms with Gasteiger partial charge in [-0.1, -0.05) is 62.4 Å². The van der Waals surface area contributed by atoms with Crippen LogP contribution in [0.3, 0.4) is 0 Å².